The summed E-state index contributed by atoms with van der Waals surface area (Å²) in [6.07, 6.45) is 3.62. The summed E-state index contributed by atoms with van der Waals surface area (Å²) in [5.41, 5.74) is 0.436. The van der Waals surface area contributed by atoms with Crippen LogP contribution in [0, 0.1) is 5.41 Å². The van der Waals surface area contributed by atoms with Crippen molar-refractivity contribution in [2.45, 2.75) is 39.8 Å². The molecule has 5 nitrogen and oxygen atoms in total. The molecule has 1 aromatic rings. The second kappa shape index (κ2) is 5.10. The van der Waals surface area contributed by atoms with Gasteiger partial charge >= 0.3 is 0 Å². The Morgan fingerprint density at radius 3 is 2.44 bits per heavy atom. The highest BCUT2D eigenvalue weighted by Gasteiger charge is 2.30. The zero-order valence-electron chi connectivity index (χ0n) is 12.2. The topological polar surface area (TPSA) is 59.0 Å². The van der Waals surface area contributed by atoms with Crippen LogP contribution in [-0.2, 0) is 16.9 Å². The Labute approximate surface area is 109 Å². The number of carbonyl (C=O) groups excluding carboxylic acids is 1. The minimum Gasteiger partial charge on any atom is -0.359 e. The van der Waals surface area contributed by atoms with E-state index in [2.05, 4.69) is 29.5 Å². The van der Waals surface area contributed by atoms with E-state index in [0.29, 0.717) is 6.54 Å². The summed E-state index contributed by atoms with van der Waals surface area (Å²) in [7, 11) is 3.58. The highest BCUT2D eigenvalue weighted by Crippen LogP contribution is 2.24. The summed E-state index contributed by atoms with van der Waals surface area (Å²) in [5, 5.41) is 5.95. The molecule has 0 aromatic carbocycles. The summed E-state index contributed by atoms with van der Waals surface area (Å²) in [4.78, 5) is 16.0. The first-order valence-corrected chi connectivity index (χ1v) is 6.16. The molecule has 1 aromatic heterocycles. The molecule has 0 spiro atoms. The van der Waals surface area contributed by atoms with Crippen molar-refractivity contribution in [2.24, 2.45) is 5.41 Å². The minimum absolute atomic E-state index is 0.0319. The highest BCUT2D eigenvalue weighted by molar-refractivity contribution is 5.81. The Bertz CT molecular complexity index is 420. The number of imidazole rings is 1. The fraction of sp³-hybridized carbons (Fsp3) is 0.692. The van der Waals surface area contributed by atoms with Gasteiger partial charge in [0.25, 0.3) is 0 Å². The van der Waals surface area contributed by atoms with Gasteiger partial charge in [-0.3, -0.25) is 4.79 Å². The molecule has 2 N–H and O–H groups in total. The van der Waals surface area contributed by atoms with Gasteiger partial charge < -0.3 is 15.2 Å². The number of nitrogens with one attached hydrogen (secondary N) is 2. The van der Waals surface area contributed by atoms with E-state index in [9.17, 15) is 4.79 Å². The molecule has 0 aliphatic carbocycles. The van der Waals surface area contributed by atoms with Crippen LogP contribution in [0.15, 0.2) is 12.5 Å². The third-order valence-electron chi connectivity index (χ3n) is 3.39. The predicted molar refractivity (Wildman–Crippen MR) is 72.2 cm³/mol. The SMILES string of the molecule is CNC(=O)C(C)(C)Cn1cncc1C(C)(C)NC. The second-order valence-corrected chi connectivity index (χ2v) is 5.74. The zero-order chi connectivity index (χ0) is 14.0. The van der Waals surface area contributed by atoms with Crippen molar-refractivity contribution in [1.29, 1.82) is 0 Å². The Morgan fingerprint density at radius 2 is 1.94 bits per heavy atom. The van der Waals surface area contributed by atoms with Gasteiger partial charge in [0, 0.05) is 19.8 Å². The molecule has 18 heavy (non-hydrogen) atoms. The zero-order valence-corrected chi connectivity index (χ0v) is 12.2. The molecule has 102 valence electrons. The van der Waals surface area contributed by atoms with Crippen molar-refractivity contribution in [3.05, 3.63) is 18.2 Å². The molecule has 5 heteroatoms. The van der Waals surface area contributed by atoms with Crippen molar-refractivity contribution in [1.82, 2.24) is 20.2 Å². The standard InChI is InChI=1S/C13H24N4O/c1-12(2,11(18)14-5)8-17-9-16-7-10(17)13(3,4)15-6/h7,9,15H,8H2,1-6H3,(H,14,18). The molecule has 0 fully saturated rings. The number of aromatic nitrogens is 2. The van der Waals surface area contributed by atoms with E-state index in [4.69, 9.17) is 0 Å². The lowest BCUT2D eigenvalue weighted by atomic mass is 9.91. The molecule has 1 heterocycles. The second-order valence-electron chi connectivity index (χ2n) is 5.74. The summed E-state index contributed by atoms with van der Waals surface area (Å²) < 4.78 is 2.03. The largest absolute Gasteiger partial charge is 0.359 e. The van der Waals surface area contributed by atoms with E-state index < -0.39 is 5.41 Å². The van der Waals surface area contributed by atoms with Gasteiger partial charge in [-0.2, -0.15) is 0 Å². The normalized spacial score (nSPS) is 12.6. The van der Waals surface area contributed by atoms with E-state index in [1.54, 1.807) is 13.4 Å². The van der Waals surface area contributed by atoms with Crippen LogP contribution in [0.5, 0.6) is 0 Å². The van der Waals surface area contributed by atoms with Crippen LogP contribution in [0.25, 0.3) is 0 Å². The monoisotopic (exact) mass is 252 g/mol. The summed E-state index contributed by atoms with van der Waals surface area (Å²) in [5.74, 6) is 0.0319. The summed E-state index contributed by atoms with van der Waals surface area (Å²) >= 11 is 0. The molecule has 0 atom stereocenters. The Morgan fingerprint density at radius 1 is 1.33 bits per heavy atom. The van der Waals surface area contributed by atoms with Crippen LogP contribution >= 0.6 is 0 Å². The average Bonchev–Trinajstić information content (AvgIpc) is 2.75. The van der Waals surface area contributed by atoms with Gasteiger partial charge in [0.15, 0.2) is 0 Å². The molecule has 0 saturated carbocycles. The first-order valence-electron chi connectivity index (χ1n) is 6.16. The highest BCUT2D eigenvalue weighted by atomic mass is 16.2. The van der Waals surface area contributed by atoms with Gasteiger partial charge in [0.1, 0.15) is 0 Å². The molecule has 0 aliphatic rings. The Balaban J connectivity index is 3.00. The minimum atomic E-state index is -0.464. The third kappa shape index (κ3) is 2.90. The lowest BCUT2D eigenvalue weighted by Crippen LogP contribution is -2.40. The molecule has 0 aliphatic heterocycles. The van der Waals surface area contributed by atoms with Crippen LogP contribution in [0.3, 0.4) is 0 Å². The van der Waals surface area contributed by atoms with E-state index in [1.807, 2.05) is 31.7 Å². The number of nitrogens with zero attached hydrogens (tertiary/aromatic N) is 2. The van der Waals surface area contributed by atoms with Gasteiger partial charge in [-0.15, -0.1) is 0 Å². The van der Waals surface area contributed by atoms with Gasteiger partial charge in [0.05, 0.1) is 23.0 Å². The quantitative estimate of drug-likeness (QED) is 0.825. The van der Waals surface area contributed by atoms with Crippen molar-refractivity contribution >= 4 is 5.91 Å². The average molecular weight is 252 g/mol. The van der Waals surface area contributed by atoms with Gasteiger partial charge in [-0.1, -0.05) is 0 Å². The van der Waals surface area contributed by atoms with Crippen molar-refractivity contribution in [3.8, 4) is 0 Å². The molecule has 0 unspecified atom stereocenters. The number of amides is 1. The van der Waals surface area contributed by atoms with Crippen molar-refractivity contribution < 1.29 is 4.79 Å². The molecule has 0 saturated heterocycles. The summed E-state index contributed by atoms with van der Waals surface area (Å²) in [6.45, 7) is 8.65. The number of hydrogen-bond donors (Lipinski definition) is 2. The van der Waals surface area contributed by atoms with Crippen LogP contribution < -0.4 is 10.6 Å². The van der Waals surface area contributed by atoms with Crippen molar-refractivity contribution in [3.63, 3.8) is 0 Å². The van der Waals surface area contributed by atoms with Gasteiger partial charge in [-0.25, -0.2) is 4.98 Å². The fourth-order valence-corrected chi connectivity index (χ4v) is 1.93. The van der Waals surface area contributed by atoms with Crippen LogP contribution in [0.4, 0.5) is 0 Å². The number of carbonyl (C=O) groups is 1. The number of hydrogen-bond acceptors (Lipinski definition) is 3. The molecule has 0 bridgehead atoms. The first-order chi connectivity index (χ1) is 8.24. The summed E-state index contributed by atoms with van der Waals surface area (Å²) in [6, 6.07) is 0. The van der Waals surface area contributed by atoms with E-state index in [1.165, 1.54) is 0 Å². The maximum Gasteiger partial charge on any atom is 0.227 e. The van der Waals surface area contributed by atoms with Gasteiger partial charge in [0.2, 0.25) is 5.91 Å². The molecular weight excluding hydrogens is 228 g/mol. The smallest absolute Gasteiger partial charge is 0.227 e. The number of rotatable bonds is 5. The maximum atomic E-state index is 11.8. The fourth-order valence-electron chi connectivity index (χ4n) is 1.93. The maximum absolute atomic E-state index is 11.8. The Kier molecular flexibility index (Phi) is 4.16. The predicted octanol–water partition coefficient (Wildman–Crippen LogP) is 1.11. The Hall–Kier alpha value is -1.36. The molecule has 0 radical (unpaired) electrons. The van der Waals surface area contributed by atoms with Gasteiger partial charge in [-0.05, 0) is 34.7 Å². The first kappa shape index (κ1) is 14.7. The van der Waals surface area contributed by atoms with Crippen LogP contribution in [0.2, 0.25) is 0 Å². The lowest BCUT2D eigenvalue weighted by molar-refractivity contribution is -0.129. The van der Waals surface area contributed by atoms with E-state index >= 15 is 0 Å². The van der Waals surface area contributed by atoms with E-state index in [0.717, 1.165) is 5.69 Å². The van der Waals surface area contributed by atoms with Crippen molar-refractivity contribution in [2.75, 3.05) is 14.1 Å². The molecular formula is C13H24N4O. The van der Waals surface area contributed by atoms with Crippen LogP contribution in [0.1, 0.15) is 33.4 Å². The molecule has 1 amide bonds. The van der Waals surface area contributed by atoms with E-state index in [-0.39, 0.29) is 11.4 Å². The third-order valence-corrected chi connectivity index (χ3v) is 3.39. The lowest BCUT2D eigenvalue weighted by Gasteiger charge is -2.29. The van der Waals surface area contributed by atoms with Crippen LogP contribution in [-0.4, -0.2) is 29.6 Å². The molecule has 1 rings (SSSR count).